The van der Waals surface area contributed by atoms with Gasteiger partial charge in [0.2, 0.25) is 5.88 Å². The number of fused-ring (bicyclic) bond motifs is 6. The summed E-state index contributed by atoms with van der Waals surface area (Å²) in [5.74, 6) is 0.509. The number of carbonyl (C=O) groups is 1. The van der Waals surface area contributed by atoms with Crippen molar-refractivity contribution < 1.29 is 19.4 Å². The van der Waals surface area contributed by atoms with Crippen LogP contribution in [-0.2, 0) is 16.0 Å². The highest BCUT2D eigenvalue weighted by Crippen LogP contribution is 2.54. The Balaban J connectivity index is 1.34. The van der Waals surface area contributed by atoms with Crippen molar-refractivity contribution in [2.75, 3.05) is 0 Å². The first-order valence-corrected chi connectivity index (χ1v) is 11.2. The molecule has 3 heterocycles. The molecule has 3 fully saturated rings. The molecule has 2 aliphatic heterocycles. The molecule has 2 saturated heterocycles. The van der Waals surface area contributed by atoms with Gasteiger partial charge in [0, 0.05) is 17.4 Å². The van der Waals surface area contributed by atoms with Crippen molar-refractivity contribution in [3.8, 4) is 11.6 Å². The van der Waals surface area contributed by atoms with E-state index in [-0.39, 0.29) is 29.8 Å². The van der Waals surface area contributed by atoms with Gasteiger partial charge in [-0.2, -0.15) is 0 Å². The number of aromatic nitrogens is 1. The number of ether oxygens (including phenoxy) is 2. The molecule has 1 saturated carbocycles. The van der Waals surface area contributed by atoms with E-state index < -0.39 is 12.0 Å². The number of benzene rings is 2. The number of hydrogen-bond acceptors (Lipinski definition) is 5. The van der Waals surface area contributed by atoms with Gasteiger partial charge in [-0.05, 0) is 54.7 Å². The maximum atomic E-state index is 13.4. The average molecular weight is 415 g/mol. The Morgan fingerprint density at radius 2 is 1.94 bits per heavy atom. The molecule has 2 bridgehead atoms. The SMILES string of the molecule is CCc1ccc(Oc2ccc3ccccc3n2)cc1C1C(=O)C2C3CCC(O3)C2C1O. The second-order valence-corrected chi connectivity index (χ2v) is 8.92. The predicted octanol–water partition coefficient (Wildman–Crippen LogP) is 4.41. The van der Waals surface area contributed by atoms with Gasteiger partial charge in [-0.25, -0.2) is 4.98 Å². The van der Waals surface area contributed by atoms with Crippen LogP contribution in [0.2, 0.25) is 0 Å². The topological polar surface area (TPSA) is 68.7 Å². The average Bonchev–Trinajstić information content (AvgIpc) is 3.47. The maximum Gasteiger partial charge on any atom is 0.219 e. The summed E-state index contributed by atoms with van der Waals surface area (Å²) in [6, 6.07) is 17.6. The zero-order chi connectivity index (χ0) is 21.1. The van der Waals surface area contributed by atoms with Crippen LogP contribution in [0.15, 0.2) is 54.6 Å². The smallest absolute Gasteiger partial charge is 0.219 e. The summed E-state index contributed by atoms with van der Waals surface area (Å²) in [5, 5.41) is 12.2. The van der Waals surface area contributed by atoms with E-state index in [9.17, 15) is 9.90 Å². The van der Waals surface area contributed by atoms with Crippen molar-refractivity contribution in [2.24, 2.45) is 11.8 Å². The number of carbonyl (C=O) groups excluding carboxylic acids is 1. The van der Waals surface area contributed by atoms with Gasteiger partial charge >= 0.3 is 0 Å². The second kappa shape index (κ2) is 7.14. The molecule has 1 aromatic heterocycles. The van der Waals surface area contributed by atoms with E-state index in [0.717, 1.165) is 41.3 Å². The van der Waals surface area contributed by atoms with Gasteiger partial charge in [-0.15, -0.1) is 0 Å². The quantitative estimate of drug-likeness (QED) is 0.684. The lowest BCUT2D eigenvalue weighted by Gasteiger charge is -2.23. The van der Waals surface area contributed by atoms with Crippen LogP contribution in [0.1, 0.15) is 36.8 Å². The fraction of sp³-hybridized carbons (Fsp3) is 0.385. The molecule has 5 heteroatoms. The minimum atomic E-state index is -0.702. The van der Waals surface area contributed by atoms with Crippen molar-refractivity contribution in [3.63, 3.8) is 0 Å². The van der Waals surface area contributed by atoms with E-state index in [1.54, 1.807) is 0 Å². The zero-order valence-corrected chi connectivity index (χ0v) is 17.4. The largest absolute Gasteiger partial charge is 0.439 e. The summed E-state index contributed by atoms with van der Waals surface area (Å²) in [6.07, 6.45) is 1.96. The third-order valence-electron chi connectivity index (χ3n) is 7.33. The fourth-order valence-corrected chi connectivity index (χ4v) is 5.93. The van der Waals surface area contributed by atoms with E-state index in [4.69, 9.17) is 9.47 Å². The molecule has 1 N–H and O–H groups in total. The van der Waals surface area contributed by atoms with Gasteiger partial charge in [-0.1, -0.05) is 31.2 Å². The predicted molar refractivity (Wildman–Crippen MR) is 116 cm³/mol. The van der Waals surface area contributed by atoms with Crippen molar-refractivity contribution in [1.82, 2.24) is 4.98 Å². The van der Waals surface area contributed by atoms with Gasteiger partial charge in [0.05, 0.1) is 35.7 Å². The summed E-state index contributed by atoms with van der Waals surface area (Å²) >= 11 is 0. The van der Waals surface area contributed by atoms with Crippen LogP contribution in [0.25, 0.3) is 10.9 Å². The molecule has 6 rings (SSSR count). The molecule has 6 unspecified atom stereocenters. The summed E-state index contributed by atoms with van der Waals surface area (Å²) < 4.78 is 12.0. The number of ketones is 1. The van der Waals surface area contributed by atoms with Crippen LogP contribution in [0, 0.1) is 11.8 Å². The normalized spacial score (nSPS) is 31.4. The van der Waals surface area contributed by atoms with Crippen molar-refractivity contribution in [1.29, 1.82) is 0 Å². The van der Waals surface area contributed by atoms with Gasteiger partial charge in [0.1, 0.15) is 11.5 Å². The lowest BCUT2D eigenvalue weighted by molar-refractivity contribution is -0.124. The van der Waals surface area contributed by atoms with Crippen LogP contribution < -0.4 is 4.74 Å². The van der Waals surface area contributed by atoms with Crippen molar-refractivity contribution in [2.45, 2.75) is 50.4 Å². The van der Waals surface area contributed by atoms with E-state index >= 15 is 0 Å². The van der Waals surface area contributed by atoms with E-state index in [2.05, 4.69) is 11.9 Å². The minimum absolute atomic E-state index is 0.0188. The number of pyridine rings is 1. The van der Waals surface area contributed by atoms with Crippen LogP contribution in [0.5, 0.6) is 11.6 Å². The lowest BCUT2D eigenvalue weighted by atomic mass is 9.81. The van der Waals surface area contributed by atoms with Crippen molar-refractivity contribution >= 4 is 16.7 Å². The first-order valence-electron chi connectivity index (χ1n) is 11.2. The monoisotopic (exact) mass is 415 g/mol. The lowest BCUT2D eigenvalue weighted by Crippen LogP contribution is -2.31. The van der Waals surface area contributed by atoms with Crippen LogP contribution in [-0.4, -0.2) is 34.2 Å². The Morgan fingerprint density at radius 3 is 2.77 bits per heavy atom. The first kappa shape index (κ1) is 19.0. The molecule has 31 heavy (non-hydrogen) atoms. The Kier molecular flexibility index (Phi) is 4.37. The van der Waals surface area contributed by atoms with E-state index in [1.807, 2.05) is 54.6 Å². The molecule has 2 aromatic carbocycles. The third kappa shape index (κ3) is 2.91. The first-order chi connectivity index (χ1) is 15.1. The molecule has 3 aromatic rings. The number of hydrogen-bond donors (Lipinski definition) is 1. The molecule has 1 aliphatic carbocycles. The van der Waals surface area contributed by atoms with E-state index in [1.165, 1.54) is 0 Å². The summed E-state index contributed by atoms with van der Waals surface area (Å²) in [5.41, 5.74) is 2.83. The second-order valence-electron chi connectivity index (χ2n) is 8.92. The summed E-state index contributed by atoms with van der Waals surface area (Å²) in [7, 11) is 0. The zero-order valence-electron chi connectivity index (χ0n) is 17.4. The number of aliphatic hydroxyl groups is 1. The number of nitrogens with zero attached hydrogens (tertiary/aromatic N) is 1. The van der Waals surface area contributed by atoms with Crippen LogP contribution >= 0.6 is 0 Å². The number of aryl methyl sites for hydroxylation is 1. The van der Waals surface area contributed by atoms with Crippen LogP contribution in [0.4, 0.5) is 0 Å². The standard InChI is InChI=1S/C26H25NO4/c1-2-14-7-9-16(30-21-12-8-15-5-3-4-6-18(15)27-21)13-17(14)22-25(28)23-19-10-11-20(31-19)24(23)26(22)29/h3-9,12-13,19-20,22-25,28H,2,10-11H2,1H3. The number of aliphatic hydroxyl groups excluding tert-OH is 1. The molecular weight excluding hydrogens is 390 g/mol. The highest BCUT2D eigenvalue weighted by atomic mass is 16.5. The molecule has 3 aliphatic rings. The molecular formula is C26H25NO4. The maximum absolute atomic E-state index is 13.4. The molecule has 5 nitrogen and oxygen atoms in total. The Hall–Kier alpha value is -2.76. The molecule has 6 atom stereocenters. The van der Waals surface area contributed by atoms with Gasteiger partial charge in [-0.3, -0.25) is 4.79 Å². The Labute approximate surface area is 181 Å². The highest BCUT2D eigenvalue weighted by Gasteiger charge is 2.62. The summed E-state index contributed by atoms with van der Waals surface area (Å²) in [4.78, 5) is 18.0. The molecule has 0 spiro atoms. The van der Waals surface area contributed by atoms with Crippen LogP contribution in [0.3, 0.4) is 0 Å². The molecule has 158 valence electrons. The highest BCUT2D eigenvalue weighted by molar-refractivity contribution is 5.93. The molecule has 0 amide bonds. The fourth-order valence-electron chi connectivity index (χ4n) is 5.93. The minimum Gasteiger partial charge on any atom is -0.439 e. The van der Waals surface area contributed by atoms with Gasteiger partial charge in [0.25, 0.3) is 0 Å². The van der Waals surface area contributed by atoms with E-state index in [0.29, 0.717) is 11.6 Å². The van der Waals surface area contributed by atoms with Crippen molar-refractivity contribution in [3.05, 3.63) is 65.7 Å². The van der Waals surface area contributed by atoms with Gasteiger partial charge < -0.3 is 14.6 Å². The number of rotatable bonds is 4. The number of Topliss-reactive ketones (excluding diaryl/α,β-unsaturated/α-hetero) is 1. The Morgan fingerprint density at radius 1 is 1.10 bits per heavy atom. The van der Waals surface area contributed by atoms with Gasteiger partial charge in [0.15, 0.2) is 0 Å². The Bertz CT molecular complexity index is 1180. The number of para-hydroxylation sites is 1. The molecule has 0 radical (unpaired) electrons. The third-order valence-corrected chi connectivity index (χ3v) is 7.33. The summed E-state index contributed by atoms with van der Waals surface area (Å²) in [6.45, 7) is 2.07.